The molecule has 9 heteroatoms. The zero-order valence-corrected chi connectivity index (χ0v) is 22.1. The molecule has 194 valence electrons. The van der Waals surface area contributed by atoms with Crippen molar-refractivity contribution in [1.82, 2.24) is 10.6 Å². The van der Waals surface area contributed by atoms with Crippen LogP contribution >= 0.6 is 0 Å². The molecule has 0 saturated carbocycles. The van der Waals surface area contributed by atoms with Crippen LogP contribution in [0.15, 0.2) is 0 Å². The lowest BCUT2D eigenvalue weighted by atomic mass is 9.66. The Morgan fingerprint density at radius 2 is 1.55 bits per heavy atom. The van der Waals surface area contributed by atoms with Crippen LogP contribution in [0.5, 0.6) is 0 Å². The first-order valence-corrected chi connectivity index (χ1v) is 11.6. The highest BCUT2D eigenvalue weighted by molar-refractivity contribution is 5.80. The lowest BCUT2D eigenvalue weighted by Gasteiger charge is -2.45. The Balaban J connectivity index is 4.43. The van der Waals surface area contributed by atoms with Gasteiger partial charge in [-0.25, -0.2) is 0 Å². The van der Waals surface area contributed by atoms with Gasteiger partial charge < -0.3 is 30.9 Å². The number of likely N-dealkylation sites (N-methyl/N-ethyl adjacent to an activating group) is 1. The van der Waals surface area contributed by atoms with Crippen LogP contribution in [-0.2, 0) is 23.9 Å². The van der Waals surface area contributed by atoms with Crippen LogP contribution in [-0.4, -0.2) is 66.9 Å². The van der Waals surface area contributed by atoms with Gasteiger partial charge in [0.15, 0.2) is 0 Å². The maximum absolute atomic E-state index is 11.9. The maximum Gasteiger partial charge on any atom is 0.320 e. The number of carboxylic acids is 1. The Labute approximate surface area is 199 Å². The summed E-state index contributed by atoms with van der Waals surface area (Å²) in [6.45, 7) is 17.0. The molecule has 0 aliphatic carbocycles. The van der Waals surface area contributed by atoms with E-state index in [1.54, 1.807) is 7.05 Å². The zero-order chi connectivity index (χ0) is 26.1. The highest BCUT2D eigenvalue weighted by Gasteiger charge is 2.43. The molecule has 1 atom stereocenters. The Morgan fingerprint density at radius 1 is 0.970 bits per heavy atom. The number of carboxylic acid groups (broad SMARTS) is 1. The van der Waals surface area contributed by atoms with E-state index in [-0.39, 0.29) is 30.1 Å². The van der Waals surface area contributed by atoms with Crippen molar-refractivity contribution in [2.45, 2.75) is 98.3 Å². The summed E-state index contributed by atoms with van der Waals surface area (Å²) in [5.41, 5.74) is 3.72. The van der Waals surface area contributed by atoms with Crippen molar-refractivity contribution in [1.29, 1.82) is 0 Å². The molecule has 1 unspecified atom stereocenters. The molecule has 0 radical (unpaired) electrons. The van der Waals surface area contributed by atoms with Gasteiger partial charge in [0.25, 0.3) is 0 Å². The average molecular weight is 474 g/mol. The van der Waals surface area contributed by atoms with Crippen LogP contribution in [0.2, 0.25) is 0 Å². The number of primary amides is 1. The number of aliphatic carboxylic acids is 1. The summed E-state index contributed by atoms with van der Waals surface area (Å²) in [6.07, 6.45) is 1.61. The molecular formula is C24H47N3O6. The van der Waals surface area contributed by atoms with Gasteiger partial charge in [-0.2, -0.15) is 0 Å². The molecule has 0 heterocycles. The summed E-state index contributed by atoms with van der Waals surface area (Å²) in [7, 11) is 1.56. The van der Waals surface area contributed by atoms with E-state index in [9.17, 15) is 14.4 Å². The van der Waals surface area contributed by atoms with E-state index in [1.807, 2.05) is 41.5 Å². The molecular weight excluding hydrogens is 426 g/mol. The van der Waals surface area contributed by atoms with E-state index in [1.165, 1.54) is 0 Å². The number of carbonyl (C=O) groups is 3. The molecule has 0 aromatic heterocycles. The monoisotopic (exact) mass is 473 g/mol. The number of nitrogens with two attached hydrogens (primary N) is 1. The third-order valence-electron chi connectivity index (χ3n) is 6.57. The molecule has 0 rings (SSSR count). The molecule has 0 aliphatic heterocycles. The molecule has 0 saturated heterocycles. The molecule has 0 aromatic rings. The van der Waals surface area contributed by atoms with Crippen molar-refractivity contribution in [2.24, 2.45) is 16.6 Å². The SMILES string of the molecule is CNC(CCC(=O)NCCOC(C)(C)CCOC(C)(C)C(C)(C)CC(C)(C)C(N)=O)C(=O)O. The lowest BCUT2D eigenvalue weighted by Crippen LogP contribution is -2.47. The van der Waals surface area contributed by atoms with Crippen LogP contribution < -0.4 is 16.4 Å². The Kier molecular flexibility index (Phi) is 12.0. The maximum atomic E-state index is 11.9. The Morgan fingerprint density at radius 3 is 2.03 bits per heavy atom. The van der Waals surface area contributed by atoms with Gasteiger partial charge in [0.2, 0.25) is 11.8 Å². The highest BCUT2D eigenvalue weighted by Crippen LogP contribution is 2.43. The first-order chi connectivity index (χ1) is 14.9. The summed E-state index contributed by atoms with van der Waals surface area (Å²) in [6, 6.07) is -0.734. The van der Waals surface area contributed by atoms with E-state index in [2.05, 4.69) is 24.5 Å². The van der Waals surface area contributed by atoms with E-state index in [0.717, 1.165) is 0 Å². The quantitative estimate of drug-likeness (QED) is 0.238. The molecule has 0 fully saturated rings. The van der Waals surface area contributed by atoms with Gasteiger partial charge in [0, 0.05) is 18.4 Å². The molecule has 33 heavy (non-hydrogen) atoms. The van der Waals surface area contributed by atoms with Crippen molar-refractivity contribution >= 4 is 17.8 Å². The van der Waals surface area contributed by atoms with Gasteiger partial charge in [-0.15, -0.1) is 0 Å². The summed E-state index contributed by atoms with van der Waals surface area (Å²) in [4.78, 5) is 34.6. The second-order valence-corrected chi connectivity index (χ2v) is 11.1. The molecule has 0 aromatic carbocycles. The highest BCUT2D eigenvalue weighted by atomic mass is 16.5. The summed E-state index contributed by atoms with van der Waals surface area (Å²) in [5.74, 6) is -1.50. The van der Waals surface area contributed by atoms with E-state index in [0.29, 0.717) is 32.6 Å². The number of amides is 2. The first kappa shape index (κ1) is 31.3. The van der Waals surface area contributed by atoms with Gasteiger partial charge in [-0.05, 0) is 59.4 Å². The van der Waals surface area contributed by atoms with Gasteiger partial charge in [0.1, 0.15) is 6.04 Å². The predicted molar refractivity (Wildman–Crippen MR) is 129 cm³/mol. The minimum atomic E-state index is -0.972. The van der Waals surface area contributed by atoms with Crippen LogP contribution in [0.4, 0.5) is 0 Å². The summed E-state index contributed by atoms with van der Waals surface area (Å²) in [5, 5.41) is 14.4. The number of ether oxygens (including phenoxy) is 2. The fourth-order valence-electron chi connectivity index (χ4n) is 3.50. The number of rotatable bonds is 17. The molecule has 0 spiro atoms. The van der Waals surface area contributed by atoms with Crippen molar-refractivity contribution in [3.63, 3.8) is 0 Å². The summed E-state index contributed by atoms with van der Waals surface area (Å²) >= 11 is 0. The zero-order valence-electron chi connectivity index (χ0n) is 22.1. The van der Waals surface area contributed by atoms with Gasteiger partial charge in [0.05, 0.1) is 24.4 Å². The molecule has 5 N–H and O–H groups in total. The second kappa shape index (κ2) is 12.7. The van der Waals surface area contributed by atoms with Crippen LogP contribution in [0.25, 0.3) is 0 Å². The third kappa shape index (κ3) is 11.3. The van der Waals surface area contributed by atoms with Crippen molar-refractivity contribution in [3.8, 4) is 0 Å². The largest absolute Gasteiger partial charge is 0.480 e. The van der Waals surface area contributed by atoms with Crippen molar-refractivity contribution < 1.29 is 29.0 Å². The molecule has 0 bridgehead atoms. The average Bonchev–Trinajstić information content (AvgIpc) is 2.64. The van der Waals surface area contributed by atoms with E-state index in [4.69, 9.17) is 20.3 Å². The summed E-state index contributed by atoms with van der Waals surface area (Å²) < 4.78 is 12.1. The predicted octanol–water partition coefficient (Wildman–Crippen LogP) is 2.46. The number of hydrogen-bond acceptors (Lipinski definition) is 6. The van der Waals surface area contributed by atoms with E-state index >= 15 is 0 Å². The molecule has 2 amide bonds. The fraction of sp³-hybridized carbons (Fsp3) is 0.875. The van der Waals surface area contributed by atoms with Gasteiger partial charge in [-0.1, -0.05) is 27.7 Å². The van der Waals surface area contributed by atoms with Crippen LogP contribution in [0, 0.1) is 10.8 Å². The lowest BCUT2D eigenvalue weighted by molar-refractivity contribution is -0.141. The molecule has 0 aliphatic rings. The Hall–Kier alpha value is -1.71. The number of nitrogens with one attached hydrogen (secondary N) is 2. The third-order valence-corrected chi connectivity index (χ3v) is 6.57. The standard InChI is InChI=1S/C24H47N3O6/c1-21(2,20(25)31)16-22(3,4)24(7,8)33-14-12-23(5,6)32-15-13-27-18(28)11-10-17(26-9)19(29)30/h17,26H,10-16H2,1-9H3,(H2,25,31)(H,27,28)(H,29,30). The number of carbonyl (C=O) groups excluding carboxylic acids is 2. The van der Waals surface area contributed by atoms with Gasteiger partial charge >= 0.3 is 5.97 Å². The van der Waals surface area contributed by atoms with Crippen LogP contribution in [0.3, 0.4) is 0 Å². The normalized spacial score (nSPS) is 14.1. The Bertz CT molecular complexity index is 659. The first-order valence-electron chi connectivity index (χ1n) is 11.6. The second-order valence-electron chi connectivity index (χ2n) is 11.1. The smallest absolute Gasteiger partial charge is 0.320 e. The van der Waals surface area contributed by atoms with Crippen LogP contribution in [0.1, 0.15) is 81.1 Å². The topological polar surface area (TPSA) is 140 Å². The minimum Gasteiger partial charge on any atom is -0.480 e. The van der Waals surface area contributed by atoms with Crippen molar-refractivity contribution in [3.05, 3.63) is 0 Å². The van der Waals surface area contributed by atoms with E-state index < -0.39 is 28.6 Å². The fourth-order valence-corrected chi connectivity index (χ4v) is 3.50. The van der Waals surface area contributed by atoms with Gasteiger partial charge in [-0.3, -0.25) is 14.4 Å². The molecule has 9 nitrogen and oxygen atoms in total. The minimum absolute atomic E-state index is 0.131. The number of hydrogen-bond donors (Lipinski definition) is 4. The van der Waals surface area contributed by atoms with Crippen molar-refractivity contribution in [2.75, 3.05) is 26.8 Å².